The number of hydrogen-bond acceptors (Lipinski definition) is 4. The van der Waals surface area contributed by atoms with Gasteiger partial charge in [0.1, 0.15) is 17.4 Å². The number of anilines is 1. The number of nitrogen functional groups attached to an aromatic ring is 1. The zero-order chi connectivity index (χ0) is 16.7. The molecular formula is C18H18N4O. The van der Waals surface area contributed by atoms with E-state index < -0.39 is 0 Å². The highest BCUT2D eigenvalue weighted by atomic mass is 16.5. The molecule has 0 aliphatic rings. The lowest BCUT2D eigenvalue weighted by Gasteiger charge is -2.14. The molecule has 0 amide bonds. The van der Waals surface area contributed by atoms with E-state index in [1.807, 2.05) is 49.6 Å². The molecule has 23 heavy (non-hydrogen) atoms. The van der Waals surface area contributed by atoms with Crippen molar-refractivity contribution in [2.75, 3.05) is 12.8 Å². The van der Waals surface area contributed by atoms with Crippen molar-refractivity contribution >= 4 is 11.3 Å². The summed E-state index contributed by atoms with van der Waals surface area (Å²) < 4.78 is 7.32. The van der Waals surface area contributed by atoms with E-state index in [9.17, 15) is 5.26 Å². The molecule has 0 aliphatic heterocycles. The van der Waals surface area contributed by atoms with E-state index in [1.54, 1.807) is 7.11 Å². The molecule has 116 valence electrons. The normalized spacial score (nSPS) is 10.7. The van der Waals surface area contributed by atoms with Gasteiger partial charge < -0.3 is 10.5 Å². The maximum absolute atomic E-state index is 9.50. The molecule has 0 spiro atoms. The van der Waals surface area contributed by atoms with Gasteiger partial charge in [0.05, 0.1) is 18.5 Å². The highest BCUT2D eigenvalue weighted by Gasteiger charge is 2.22. The van der Waals surface area contributed by atoms with Gasteiger partial charge in [0.15, 0.2) is 5.65 Å². The Morgan fingerprint density at radius 2 is 1.96 bits per heavy atom. The van der Waals surface area contributed by atoms with Gasteiger partial charge in [0.25, 0.3) is 0 Å². The van der Waals surface area contributed by atoms with Crippen LogP contribution in [0.5, 0.6) is 5.75 Å². The molecule has 1 aromatic carbocycles. The standard InChI is InChI=1S/C18H18N4O/c1-10-5-6-14(23-4)12(3)15(10)17-16(20)13(9-19)18-21-11(2)7-8-22(17)18/h5-8H,20H2,1-4H3. The van der Waals surface area contributed by atoms with Crippen LogP contribution in [0.15, 0.2) is 24.4 Å². The molecule has 5 nitrogen and oxygen atoms in total. The predicted octanol–water partition coefficient (Wildman–Crippen LogP) is 3.39. The van der Waals surface area contributed by atoms with Gasteiger partial charge in [0, 0.05) is 23.0 Å². The predicted molar refractivity (Wildman–Crippen MR) is 90.5 cm³/mol. The number of methoxy groups -OCH3 is 1. The molecule has 2 heterocycles. The Morgan fingerprint density at radius 1 is 1.22 bits per heavy atom. The number of aryl methyl sites for hydroxylation is 2. The van der Waals surface area contributed by atoms with Gasteiger partial charge >= 0.3 is 0 Å². The van der Waals surface area contributed by atoms with Crippen molar-refractivity contribution in [3.63, 3.8) is 0 Å². The highest BCUT2D eigenvalue weighted by molar-refractivity contribution is 5.89. The van der Waals surface area contributed by atoms with Crippen LogP contribution in [0.4, 0.5) is 5.69 Å². The fourth-order valence-corrected chi connectivity index (χ4v) is 3.02. The number of fused-ring (bicyclic) bond motifs is 1. The lowest BCUT2D eigenvalue weighted by molar-refractivity contribution is 0.412. The van der Waals surface area contributed by atoms with E-state index in [0.29, 0.717) is 16.9 Å². The summed E-state index contributed by atoms with van der Waals surface area (Å²) in [6.07, 6.45) is 1.91. The summed E-state index contributed by atoms with van der Waals surface area (Å²) >= 11 is 0. The van der Waals surface area contributed by atoms with E-state index in [2.05, 4.69) is 11.1 Å². The minimum Gasteiger partial charge on any atom is -0.496 e. The van der Waals surface area contributed by atoms with Crippen LogP contribution in [0.1, 0.15) is 22.4 Å². The first kappa shape index (κ1) is 14.9. The molecule has 3 rings (SSSR count). The van der Waals surface area contributed by atoms with Crippen LogP contribution in [-0.2, 0) is 0 Å². The zero-order valence-electron chi connectivity index (χ0n) is 13.6. The molecule has 0 bridgehead atoms. The van der Waals surface area contributed by atoms with Gasteiger partial charge in [-0.2, -0.15) is 5.26 Å². The molecule has 0 saturated heterocycles. The largest absolute Gasteiger partial charge is 0.496 e. The maximum Gasteiger partial charge on any atom is 0.157 e. The second-order valence-corrected chi connectivity index (χ2v) is 5.60. The topological polar surface area (TPSA) is 76.3 Å². The zero-order valence-corrected chi connectivity index (χ0v) is 13.6. The first-order valence-corrected chi connectivity index (χ1v) is 7.31. The van der Waals surface area contributed by atoms with Crippen molar-refractivity contribution in [1.82, 2.24) is 9.38 Å². The summed E-state index contributed by atoms with van der Waals surface area (Å²) in [4.78, 5) is 4.48. The number of hydrogen-bond donors (Lipinski definition) is 1. The number of aromatic nitrogens is 2. The van der Waals surface area contributed by atoms with Crippen LogP contribution in [0.3, 0.4) is 0 Å². The third kappa shape index (κ3) is 2.11. The Hall–Kier alpha value is -3.00. The molecule has 3 aromatic rings. The maximum atomic E-state index is 9.50. The first-order chi connectivity index (χ1) is 11.0. The van der Waals surface area contributed by atoms with Gasteiger partial charge in [0.2, 0.25) is 0 Å². The van der Waals surface area contributed by atoms with Crippen molar-refractivity contribution in [1.29, 1.82) is 5.26 Å². The fraction of sp³-hybridized carbons (Fsp3) is 0.222. The SMILES string of the molecule is COc1ccc(C)c(-c2c(N)c(C#N)c3nc(C)ccn23)c1C. The molecule has 0 radical (unpaired) electrons. The second-order valence-electron chi connectivity index (χ2n) is 5.60. The van der Waals surface area contributed by atoms with Crippen LogP contribution in [-0.4, -0.2) is 16.5 Å². The molecule has 0 aliphatic carbocycles. The molecule has 0 unspecified atom stereocenters. The summed E-state index contributed by atoms with van der Waals surface area (Å²) in [5.41, 5.74) is 12.4. The van der Waals surface area contributed by atoms with Crippen LogP contribution >= 0.6 is 0 Å². The molecule has 2 aromatic heterocycles. The third-order valence-corrected chi connectivity index (χ3v) is 4.16. The first-order valence-electron chi connectivity index (χ1n) is 7.31. The lowest BCUT2D eigenvalue weighted by Crippen LogP contribution is -1.99. The second kappa shape index (κ2) is 5.33. The van der Waals surface area contributed by atoms with Gasteiger partial charge in [-0.25, -0.2) is 4.98 Å². The number of ether oxygens (including phenoxy) is 1. The summed E-state index contributed by atoms with van der Waals surface area (Å²) in [7, 11) is 1.65. The number of benzene rings is 1. The molecular weight excluding hydrogens is 288 g/mol. The molecule has 2 N–H and O–H groups in total. The summed E-state index contributed by atoms with van der Waals surface area (Å²) in [6, 6.07) is 8.02. The lowest BCUT2D eigenvalue weighted by atomic mass is 9.98. The Balaban J connectivity index is 2.48. The van der Waals surface area contributed by atoms with Crippen molar-refractivity contribution in [2.45, 2.75) is 20.8 Å². The van der Waals surface area contributed by atoms with Gasteiger partial charge in [-0.05, 0) is 38.5 Å². The number of rotatable bonds is 2. The van der Waals surface area contributed by atoms with Crippen LogP contribution < -0.4 is 10.5 Å². The van der Waals surface area contributed by atoms with Gasteiger partial charge in [-0.1, -0.05) is 6.07 Å². The van der Waals surface area contributed by atoms with E-state index in [0.717, 1.165) is 33.8 Å². The van der Waals surface area contributed by atoms with Crippen molar-refractivity contribution < 1.29 is 4.74 Å². The van der Waals surface area contributed by atoms with Crippen molar-refractivity contribution in [2.24, 2.45) is 0 Å². The Bertz CT molecular complexity index is 964. The average Bonchev–Trinajstić information content (AvgIpc) is 2.79. The summed E-state index contributed by atoms with van der Waals surface area (Å²) in [5, 5.41) is 9.50. The highest BCUT2D eigenvalue weighted by Crippen LogP contribution is 2.39. The molecule has 5 heteroatoms. The van der Waals surface area contributed by atoms with Crippen LogP contribution in [0.2, 0.25) is 0 Å². The third-order valence-electron chi connectivity index (χ3n) is 4.16. The molecule has 0 fully saturated rings. The Morgan fingerprint density at radius 3 is 2.61 bits per heavy atom. The van der Waals surface area contributed by atoms with E-state index in [1.165, 1.54) is 0 Å². The van der Waals surface area contributed by atoms with Crippen molar-refractivity contribution in [3.05, 3.63) is 46.8 Å². The monoisotopic (exact) mass is 306 g/mol. The summed E-state index contributed by atoms with van der Waals surface area (Å²) in [6.45, 7) is 5.91. The van der Waals surface area contributed by atoms with Crippen LogP contribution in [0.25, 0.3) is 16.9 Å². The Labute approximate surface area is 134 Å². The summed E-state index contributed by atoms with van der Waals surface area (Å²) in [5.74, 6) is 0.790. The van der Waals surface area contributed by atoms with Crippen LogP contribution in [0, 0.1) is 32.1 Å². The van der Waals surface area contributed by atoms with E-state index in [-0.39, 0.29) is 0 Å². The minimum atomic E-state index is 0.408. The number of nitriles is 1. The van der Waals surface area contributed by atoms with E-state index in [4.69, 9.17) is 10.5 Å². The Kier molecular flexibility index (Phi) is 3.45. The van der Waals surface area contributed by atoms with Gasteiger partial charge in [-0.3, -0.25) is 4.40 Å². The number of nitrogens with zero attached hydrogens (tertiary/aromatic N) is 3. The van der Waals surface area contributed by atoms with Gasteiger partial charge in [-0.15, -0.1) is 0 Å². The quantitative estimate of drug-likeness (QED) is 0.787. The fourth-order valence-electron chi connectivity index (χ4n) is 3.02. The smallest absolute Gasteiger partial charge is 0.157 e. The molecule has 0 atom stereocenters. The molecule has 0 saturated carbocycles. The minimum absolute atomic E-state index is 0.408. The number of nitrogens with two attached hydrogens (primary N) is 1. The van der Waals surface area contributed by atoms with Crippen molar-refractivity contribution in [3.8, 4) is 23.1 Å². The average molecular weight is 306 g/mol. The van der Waals surface area contributed by atoms with E-state index >= 15 is 0 Å².